The van der Waals surface area contributed by atoms with Gasteiger partial charge in [-0.15, -0.1) is 0 Å². The molecule has 0 atom stereocenters. The maximum Gasteiger partial charge on any atom is 0.371 e. The highest BCUT2D eigenvalue weighted by molar-refractivity contribution is 7.89. The average Bonchev–Trinajstić information content (AvgIpc) is 2.75. The van der Waals surface area contributed by atoms with Gasteiger partial charge in [0.15, 0.2) is 0 Å². The van der Waals surface area contributed by atoms with E-state index >= 15 is 0 Å². The van der Waals surface area contributed by atoms with Crippen LogP contribution in [0.4, 0.5) is 0 Å². The van der Waals surface area contributed by atoms with E-state index < -0.39 is 16.0 Å². The molecule has 102 valence electrons. The Balaban J connectivity index is 2.46. The third-order valence-electron chi connectivity index (χ3n) is 2.10. The van der Waals surface area contributed by atoms with Gasteiger partial charge in [0.05, 0.1) is 12.3 Å². The molecule has 0 bridgehead atoms. The Morgan fingerprint density at radius 3 is 2.78 bits per heavy atom. The van der Waals surface area contributed by atoms with Crippen molar-refractivity contribution in [3.8, 4) is 0 Å². The lowest BCUT2D eigenvalue weighted by Crippen LogP contribution is -2.26. The minimum atomic E-state index is -3.40. The average molecular weight is 277 g/mol. The lowest BCUT2D eigenvalue weighted by molar-refractivity contribution is 0.0660. The number of ether oxygens (including phenoxy) is 1. The van der Waals surface area contributed by atoms with E-state index in [1.54, 1.807) is 0 Å². The lowest BCUT2D eigenvalue weighted by atomic mass is 10.4. The van der Waals surface area contributed by atoms with E-state index in [0.29, 0.717) is 13.0 Å². The van der Waals surface area contributed by atoms with E-state index in [0.717, 1.165) is 0 Å². The van der Waals surface area contributed by atoms with Crippen LogP contribution in [0.3, 0.4) is 0 Å². The topological polar surface area (TPSA) is 106 Å². The summed E-state index contributed by atoms with van der Waals surface area (Å²) in [6.07, 6.45) is 0.393. The van der Waals surface area contributed by atoms with Crippen molar-refractivity contribution in [2.45, 2.75) is 13.0 Å². The van der Waals surface area contributed by atoms with E-state index in [-0.39, 0.29) is 23.8 Å². The molecule has 0 saturated heterocycles. The summed E-state index contributed by atoms with van der Waals surface area (Å²) < 4.78 is 35.0. The third-order valence-corrected chi connectivity index (χ3v) is 3.51. The molecule has 0 saturated carbocycles. The number of carboxylic acids is 1. The molecule has 1 aromatic rings. The molecule has 1 heterocycles. The van der Waals surface area contributed by atoms with E-state index in [2.05, 4.69) is 4.72 Å². The van der Waals surface area contributed by atoms with Gasteiger partial charge in [0.1, 0.15) is 5.76 Å². The number of carboxylic acid groups (broad SMARTS) is 1. The minimum Gasteiger partial charge on any atom is -0.475 e. The summed E-state index contributed by atoms with van der Waals surface area (Å²) in [6.45, 7) is 0.299. The number of sulfonamides is 1. The van der Waals surface area contributed by atoms with Crippen LogP contribution in [0.1, 0.15) is 22.7 Å². The molecule has 18 heavy (non-hydrogen) atoms. The Kier molecular flexibility index (Phi) is 5.32. The standard InChI is InChI=1S/C10H15NO6S/c1-16-5-2-6-18(14,15)11-7-8-3-4-9(17-8)10(12)13/h3-4,11H,2,5-7H2,1H3,(H,12,13). The third kappa shape index (κ3) is 4.86. The van der Waals surface area contributed by atoms with Gasteiger partial charge in [0, 0.05) is 13.7 Å². The highest BCUT2D eigenvalue weighted by Crippen LogP contribution is 2.08. The lowest BCUT2D eigenvalue weighted by Gasteiger charge is -2.04. The molecular weight excluding hydrogens is 262 g/mol. The summed E-state index contributed by atoms with van der Waals surface area (Å²) in [4.78, 5) is 10.5. The normalized spacial score (nSPS) is 11.6. The van der Waals surface area contributed by atoms with Gasteiger partial charge in [0.25, 0.3) is 0 Å². The van der Waals surface area contributed by atoms with Gasteiger partial charge in [-0.05, 0) is 18.6 Å². The molecule has 0 aliphatic heterocycles. The van der Waals surface area contributed by atoms with Crippen LogP contribution in [0.2, 0.25) is 0 Å². The number of hydrogen-bond donors (Lipinski definition) is 2. The molecule has 0 aliphatic rings. The maximum absolute atomic E-state index is 11.5. The van der Waals surface area contributed by atoms with Crippen molar-refractivity contribution in [1.82, 2.24) is 4.72 Å². The molecule has 0 aromatic carbocycles. The number of furan rings is 1. The number of aromatic carboxylic acids is 1. The predicted molar refractivity (Wildman–Crippen MR) is 62.8 cm³/mol. The highest BCUT2D eigenvalue weighted by Gasteiger charge is 2.13. The Hall–Kier alpha value is -1.38. The second-order valence-corrected chi connectivity index (χ2v) is 5.48. The molecule has 0 fully saturated rings. The first kappa shape index (κ1) is 14.7. The molecule has 8 heteroatoms. The maximum atomic E-state index is 11.5. The van der Waals surface area contributed by atoms with Gasteiger partial charge in [-0.3, -0.25) is 0 Å². The summed E-state index contributed by atoms with van der Waals surface area (Å²) >= 11 is 0. The summed E-state index contributed by atoms with van der Waals surface area (Å²) in [5.74, 6) is -1.21. The number of carbonyl (C=O) groups is 1. The summed E-state index contributed by atoms with van der Waals surface area (Å²) in [5, 5.41) is 8.62. The monoisotopic (exact) mass is 277 g/mol. The van der Waals surface area contributed by atoms with E-state index in [4.69, 9.17) is 14.3 Å². The van der Waals surface area contributed by atoms with Crippen LogP contribution < -0.4 is 4.72 Å². The van der Waals surface area contributed by atoms with Crippen molar-refractivity contribution in [2.24, 2.45) is 0 Å². The van der Waals surface area contributed by atoms with E-state index in [1.165, 1.54) is 19.2 Å². The molecule has 1 aromatic heterocycles. The largest absolute Gasteiger partial charge is 0.475 e. The minimum absolute atomic E-state index is 0.0483. The van der Waals surface area contributed by atoms with Crippen molar-refractivity contribution < 1.29 is 27.5 Å². The quantitative estimate of drug-likeness (QED) is 0.668. The smallest absolute Gasteiger partial charge is 0.371 e. The second kappa shape index (κ2) is 6.53. The molecule has 1 rings (SSSR count). The zero-order chi connectivity index (χ0) is 13.6. The fourth-order valence-corrected chi connectivity index (χ4v) is 2.24. The first-order valence-electron chi connectivity index (χ1n) is 5.23. The van der Waals surface area contributed by atoms with E-state index in [9.17, 15) is 13.2 Å². The molecule has 0 amide bonds. The number of nitrogens with one attached hydrogen (secondary N) is 1. The zero-order valence-corrected chi connectivity index (χ0v) is 10.7. The van der Waals surface area contributed by atoms with Gasteiger partial charge < -0.3 is 14.3 Å². The van der Waals surface area contributed by atoms with Crippen LogP contribution >= 0.6 is 0 Å². The van der Waals surface area contributed by atoms with Gasteiger partial charge in [-0.1, -0.05) is 0 Å². The molecule has 0 aliphatic carbocycles. The van der Waals surface area contributed by atoms with Crippen LogP contribution in [-0.2, 0) is 21.3 Å². The summed E-state index contributed by atoms with van der Waals surface area (Å²) in [6, 6.07) is 2.69. The Morgan fingerprint density at radius 1 is 1.50 bits per heavy atom. The van der Waals surface area contributed by atoms with Crippen LogP contribution in [0.5, 0.6) is 0 Å². The Bertz CT molecular complexity index is 492. The van der Waals surface area contributed by atoms with Crippen molar-refractivity contribution in [3.05, 3.63) is 23.7 Å². The van der Waals surface area contributed by atoms with Gasteiger partial charge in [0.2, 0.25) is 15.8 Å². The molecular formula is C10H15NO6S. The first-order chi connectivity index (χ1) is 8.44. The number of methoxy groups -OCH3 is 1. The van der Waals surface area contributed by atoms with Crippen LogP contribution in [0, 0.1) is 0 Å². The zero-order valence-electron chi connectivity index (χ0n) is 9.88. The van der Waals surface area contributed by atoms with Crippen LogP contribution in [-0.4, -0.2) is 39.0 Å². The van der Waals surface area contributed by atoms with Crippen molar-refractivity contribution in [1.29, 1.82) is 0 Å². The van der Waals surface area contributed by atoms with Gasteiger partial charge in [-0.2, -0.15) is 0 Å². The molecule has 2 N–H and O–H groups in total. The predicted octanol–water partition coefficient (Wildman–Crippen LogP) is 0.434. The molecule has 0 spiro atoms. The van der Waals surface area contributed by atoms with Crippen molar-refractivity contribution >= 4 is 16.0 Å². The van der Waals surface area contributed by atoms with Gasteiger partial charge >= 0.3 is 5.97 Å². The first-order valence-corrected chi connectivity index (χ1v) is 6.88. The van der Waals surface area contributed by atoms with E-state index in [1.807, 2.05) is 0 Å². The molecule has 0 unspecified atom stereocenters. The van der Waals surface area contributed by atoms with Crippen LogP contribution in [0.25, 0.3) is 0 Å². The highest BCUT2D eigenvalue weighted by atomic mass is 32.2. The second-order valence-electron chi connectivity index (χ2n) is 3.56. The summed E-state index contributed by atoms with van der Waals surface area (Å²) in [7, 11) is -1.90. The fourth-order valence-electron chi connectivity index (χ4n) is 1.23. The number of rotatable bonds is 8. The molecule has 7 nitrogen and oxygen atoms in total. The molecule has 0 radical (unpaired) electrons. The Labute approximate surface area is 105 Å². The summed E-state index contributed by atoms with van der Waals surface area (Å²) in [5.41, 5.74) is 0. The van der Waals surface area contributed by atoms with Crippen LogP contribution in [0.15, 0.2) is 16.5 Å². The fraction of sp³-hybridized carbons (Fsp3) is 0.500. The number of hydrogen-bond acceptors (Lipinski definition) is 5. The Morgan fingerprint density at radius 2 is 2.22 bits per heavy atom. The SMILES string of the molecule is COCCCS(=O)(=O)NCc1ccc(C(=O)O)o1. The van der Waals surface area contributed by atoms with Crippen molar-refractivity contribution in [3.63, 3.8) is 0 Å². The van der Waals surface area contributed by atoms with Crippen molar-refractivity contribution in [2.75, 3.05) is 19.5 Å². The van der Waals surface area contributed by atoms with Gasteiger partial charge in [-0.25, -0.2) is 17.9 Å².